The van der Waals surface area contributed by atoms with Crippen LogP contribution in [0.25, 0.3) is 0 Å². The molecule has 0 saturated heterocycles. The highest BCUT2D eigenvalue weighted by molar-refractivity contribution is 5.36. The van der Waals surface area contributed by atoms with Gasteiger partial charge in [0.05, 0.1) is 18.9 Å². The zero-order valence-electron chi connectivity index (χ0n) is 11.6. The monoisotopic (exact) mass is 260 g/mol. The maximum absolute atomic E-state index is 9.52. The van der Waals surface area contributed by atoms with Gasteiger partial charge in [-0.05, 0) is 42.7 Å². The van der Waals surface area contributed by atoms with Gasteiger partial charge in [-0.15, -0.1) is 0 Å². The molecular weight excluding hydrogens is 240 g/mol. The highest BCUT2D eigenvalue weighted by Gasteiger charge is 2.05. The van der Waals surface area contributed by atoms with E-state index in [1.54, 1.807) is 11.6 Å². The average Bonchev–Trinajstić information content (AvgIpc) is 2.77. The highest BCUT2D eigenvalue weighted by atomic mass is 16.5. The number of hydrogen-bond donors (Lipinski definition) is 1. The van der Waals surface area contributed by atoms with Crippen molar-refractivity contribution in [3.8, 4) is 5.75 Å². The van der Waals surface area contributed by atoms with Gasteiger partial charge in [0.25, 0.3) is 0 Å². The molecule has 0 aliphatic carbocycles. The van der Waals surface area contributed by atoms with Crippen molar-refractivity contribution in [1.29, 1.82) is 0 Å². The molecule has 4 heteroatoms. The summed E-state index contributed by atoms with van der Waals surface area (Å²) in [6, 6.07) is 5.78. The Hall–Kier alpha value is -1.81. The summed E-state index contributed by atoms with van der Waals surface area (Å²) in [5.74, 6) is 0.869. The molecule has 0 unspecified atom stereocenters. The van der Waals surface area contributed by atoms with Crippen molar-refractivity contribution in [2.75, 3.05) is 6.61 Å². The molecule has 2 aromatic rings. The molecule has 0 aliphatic heterocycles. The molecule has 0 spiro atoms. The van der Waals surface area contributed by atoms with Gasteiger partial charge in [-0.2, -0.15) is 5.10 Å². The third-order valence-electron chi connectivity index (χ3n) is 3.09. The van der Waals surface area contributed by atoms with Crippen LogP contribution < -0.4 is 4.74 Å². The van der Waals surface area contributed by atoms with Gasteiger partial charge in [0, 0.05) is 19.7 Å². The second kappa shape index (κ2) is 5.89. The van der Waals surface area contributed by atoms with E-state index in [0.29, 0.717) is 6.61 Å². The van der Waals surface area contributed by atoms with E-state index in [-0.39, 0.29) is 0 Å². The van der Waals surface area contributed by atoms with Crippen molar-refractivity contribution in [3.05, 3.63) is 47.3 Å². The number of aliphatic hydroxyl groups is 1. The third kappa shape index (κ3) is 3.58. The largest absolute Gasteiger partial charge is 0.493 e. The lowest BCUT2D eigenvalue weighted by molar-refractivity contribution is 0.199. The van der Waals surface area contributed by atoms with E-state index in [4.69, 9.17) is 4.74 Å². The molecule has 4 nitrogen and oxygen atoms in total. The van der Waals surface area contributed by atoms with Crippen LogP contribution in [0.5, 0.6) is 5.75 Å². The van der Waals surface area contributed by atoms with Crippen molar-refractivity contribution in [2.24, 2.45) is 7.05 Å². The fourth-order valence-corrected chi connectivity index (χ4v) is 1.97. The molecule has 0 saturated carbocycles. The molecular formula is C15H20N2O2. The topological polar surface area (TPSA) is 47.3 Å². The summed E-state index contributed by atoms with van der Waals surface area (Å²) in [7, 11) is 1.91. The number of aryl methyl sites for hydroxylation is 2. The van der Waals surface area contributed by atoms with Crippen LogP contribution in [-0.2, 0) is 13.5 Å². The molecule has 0 fully saturated rings. The number of ether oxygens (including phenoxy) is 1. The van der Waals surface area contributed by atoms with Crippen molar-refractivity contribution < 1.29 is 9.84 Å². The highest BCUT2D eigenvalue weighted by Crippen LogP contribution is 2.22. The Kier molecular flexibility index (Phi) is 4.22. The molecule has 102 valence electrons. The minimum atomic E-state index is -0.442. The summed E-state index contributed by atoms with van der Waals surface area (Å²) in [6.07, 6.45) is 4.24. The number of nitrogens with zero attached hydrogens (tertiary/aromatic N) is 2. The number of aromatic nitrogens is 2. The molecule has 0 bridgehead atoms. The molecule has 1 N–H and O–H groups in total. The summed E-state index contributed by atoms with van der Waals surface area (Å²) in [5, 5.41) is 13.6. The Morgan fingerprint density at radius 3 is 2.79 bits per heavy atom. The van der Waals surface area contributed by atoms with Gasteiger partial charge in [-0.1, -0.05) is 6.07 Å². The second-order valence-electron chi connectivity index (χ2n) is 4.82. The van der Waals surface area contributed by atoms with Gasteiger partial charge in [0.1, 0.15) is 5.75 Å². The molecule has 0 aliphatic rings. The van der Waals surface area contributed by atoms with Crippen molar-refractivity contribution in [1.82, 2.24) is 9.78 Å². The zero-order valence-corrected chi connectivity index (χ0v) is 11.6. The average molecular weight is 260 g/mol. The van der Waals surface area contributed by atoms with E-state index < -0.39 is 6.10 Å². The first-order valence-electron chi connectivity index (χ1n) is 6.45. The van der Waals surface area contributed by atoms with Gasteiger partial charge in [-0.25, -0.2) is 0 Å². The van der Waals surface area contributed by atoms with Crippen molar-refractivity contribution in [3.63, 3.8) is 0 Å². The van der Waals surface area contributed by atoms with Crippen LogP contribution in [0.3, 0.4) is 0 Å². The summed E-state index contributed by atoms with van der Waals surface area (Å²) >= 11 is 0. The molecule has 1 aromatic heterocycles. The van der Waals surface area contributed by atoms with E-state index in [2.05, 4.69) is 5.10 Å². The maximum atomic E-state index is 9.52. The Morgan fingerprint density at radius 1 is 1.42 bits per heavy atom. The second-order valence-corrected chi connectivity index (χ2v) is 4.82. The van der Waals surface area contributed by atoms with E-state index >= 15 is 0 Å². The summed E-state index contributed by atoms with van der Waals surface area (Å²) in [5.41, 5.74) is 3.13. The van der Waals surface area contributed by atoms with E-state index in [1.165, 1.54) is 5.56 Å². The molecule has 2 rings (SSSR count). The van der Waals surface area contributed by atoms with Crippen LogP contribution in [-0.4, -0.2) is 21.5 Å². The van der Waals surface area contributed by atoms with Gasteiger partial charge in [-0.3, -0.25) is 4.68 Å². The minimum absolute atomic E-state index is 0.442. The Bertz CT molecular complexity index is 547. The first-order valence-corrected chi connectivity index (χ1v) is 6.45. The molecule has 1 aromatic carbocycles. The van der Waals surface area contributed by atoms with Crippen LogP contribution in [0.15, 0.2) is 30.6 Å². The lowest BCUT2D eigenvalue weighted by Gasteiger charge is -2.11. The first kappa shape index (κ1) is 13.6. The predicted molar refractivity (Wildman–Crippen MR) is 74.2 cm³/mol. The van der Waals surface area contributed by atoms with Crippen molar-refractivity contribution >= 4 is 0 Å². The number of rotatable bonds is 5. The van der Waals surface area contributed by atoms with Crippen molar-refractivity contribution in [2.45, 2.75) is 26.4 Å². The van der Waals surface area contributed by atoms with Crippen LogP contribution in [0.2, 0.25) is 0 Å². The minimum Gasteiger partial charge on any atom is -0.493 e. The standard InChI is InChI=1S/C15H20N2O2/c1-11-8-14(12(2)18)4-5-15(11)19-7-6-13-9-16-17(3)10-13/h4-5,8-10,12,18H,6-7H2,1-3H3/t12-/m0/s1. The van der Waals surface area contributed by atoms with Crippen LogP contribution in [0.4, 0.5) is 0 Å². The normalized spacial score (nSPS) is 12.4. The molecule has 0 radical (unpaired) electrons. The summed E-state index contributed by atoms with van der Waals surface area (Å²) in [6.45, 7) is 4.38. The number of hydrogen-bond acceptors (Lipinski definition) is 3. The van der Waals surface area contributed by atoms with Gasteiger partial charge in [0.2, 0.25) is 0 Å². The zero-order chi connectivity index (χ0) is 13.8. The SMILES string of the molecule is Cc1cc([C@H](C)O)ccc1OCCc1cnn(C)c1. The van der Waals surface area contributed by atoms with Gasteiger partial charge in [0.15, 0.2) is 0 Å². The Labute approximate surface area is 113 Å². The molecule has 19 heavy (non-hydrogen) atoms. The summed E-state index contributed by atoms with van der Waals surface area (Å²) < 4.78 is 7.56. The maximum Gasteiger partial charge on any atom is 0.122 e. The quantitative estimate of drug-likeness (QED) is 0.898. The van der Waals surface area contributed by atoms with Crippen LogP contribution in [0, 0.1) is 6.92 Å². The first-order chi connectivity index (χ1) is 9.06. The van der Waals surface area contributed by atoms with Gasteiger partial charge < -0.3 is 9.84 Å². The Balaban J connectivity index is 1.92. The lowest BCUT2D eigenvalue weighted by Crippen LogP contribution is -2.02. The molecule has 1 atom stereocenters. The van der Waals surface area contributed by atoms with E-state index in [9.17, 15) is 5.11 Å². The lowest BCUT2D eigenvalue weighted by atomic mass is 10.1. The smallest absolute Gasteiger partial charge is 0.122 e. The van der Waals surface area contributed by atoms with E-state index in [1.807, 2.05) is 44.6 Å². The molecule has 0 amide bonds. The fraction of sp³-hybridized carbons (Fsp3) is 0.400. The number of aliphatic hydroxyl groups excluding tert-OH is 1. The fourth-order valence-electron chi connectivity index (χ4n) is 1.97. The third-order valence-corrected chi connectivity index (χ3v) is 3.09. The molecule has 1 heterocycles. The van der Waals surface area contributed by atoms with E-state index in [0.717, 1.165) is 23.3 Å². The Morgan fingerprint density at radius 2 is 2.21 bits per heavy atom. The van der Waals surface area contributed by atoms with Gasteiger partial charge >= 0.3 is 0 Å². The summed E-state index contributed by atoms with van der Waals surface area (Å²) in [4.78, 5) is 0. The van der Waals surface area contributed by atoms with Crippen LogP contribution >= 0.6 is 0 Å². The predicted octanol–water partition coefficient (Wildman–Crippen LogP) is 2.40. The number of benzene rings is 1. The van der Waals surface area contributed by atoms with Crippen LogP contribution in [0.1, 0.15) is 29.7 Å².